The van der Waals surface area contributed by atoms with Gasteiger partial charge in [-0.1, -0.05) is 109 Å². The number of anilines is 1. The van der Waals surface area contributed by atoms with E-state index in [-0.39, 0.29) is 0 Å². The molecule has 4 aromatic rings. The van der Waals surface area contributed by atoms with Gasteiger partial charge >= 0.3 is 0 Å². The molecule has 0 heterocycles. The first-order valence-electron chi connectivity index (χ1n) is 8.85. The molecule has 26 heavy (non-hydrogen) atoms. The number of hydrogen-bond acceptors (Lipinski definition) is 1. The highest BCUT2D eigenvalue weighted by molar-refractivity contribution is 5.66. The standard InChI is InChI=1S/C25H21N/c26-24-19-11-10-18-23(24)25(20-12-4-1-5-13-20,21-14-6-2-7-15-21)22-16-8-3-9-17-22/h1-19H,26H2. The van der Waals surface area contributed by atoms with Gasteiger partial charge in [0.15, 0.2) is 0 Å². The summed E-state index contributed by atoms with van der Waals surface area (Å²) < 4.78 is 0. The third-order valence-corrected chi connectivity index (χ3v) is 4.99. The first-order chi connectivity index (χ1) is 12.8. The molecule has 126 valence electrons. The van der Waals surface area contributed by atoms with E-state index in [0.29, 0.717) is 0 Å². The Kier molecular flexibility index (Phi) is 4.28. The predicted molar refractivity (Wildman–Crippen MR) is 109 cm³/mol. The summed E-state index contributed by atoms with van der Waals surface area (Å²) in [5.74, 6) is 0. The molecule has 1 heteroatoms. The van der Waals surface area contributed by atoms with Crippen molar-refractivity contribution in [1.29, 1.82) is 0 Å². The molecule has 0 saturated heterocycles. The summed E-state index contributed by atoms with van der Waals surface area (Å²) in [6.45, 7) is 0. The van der Waals surface area contributed by atoms with Gasteiger partial charge in [0.1, 0.15) is 0 Å². The van der Waals surface area contributed by atoms with Crippen LogP contribution in [0, 0.1) is 0 Å². The fraction of sp³-hybridized carbons (Fsp3) is 0.0400. The second-order valence-corrected chi connectivity index (χ2v) is 6.44. The van der Waals surface area contributed by atoms with Crippen LogP contribution in [0.2, 0.25) is 0 Å². The Morgan fingerprint density at radius 3 is 1.15 bits per heavy atom. The van der Waals surface area contributed by atoms with Crippen molar-refractivity contribution in [2.75, 3.05) is 5.73 Å². The van der Waals surface area contributed by atoms with E-state index in [0.717, 1.165) is 11.3 Å². The van der Waals surface area contributed by atoms with Gasteiger partial charge in [-0.15, -0.1) is 0 Å². The summed E-state index contributed by atoms with van der Waals surface area (Å²) >= 11 is 0. The van der Waals surface area contributed by atoms with Gasteiger partial charge in [0, 0.05) is 5.69 Å². The zero-order chi connectivity index (χ0) is 17.8. The van der Waals surface area contributed by atoms with Gasteiger partial charge in [0.25, 0.3) is 0 Å². The molecule has 0 amide bonds. The molecule has 4 aromatic carbocycles. The average molecular weight is 335 g/mol. The molecule has 0 unspecified atom stereocenters. The lowest BCUT2D eigenvalue weighted by atomic mass is 9.64. The molecule has 0 atom stereocenters. The van der Waals surface area contributed by atoms with Crippen molar-refractivity contribution in [2.45, 2.75) is 5.41 Å². The minimum Gasteiger partial charge on any atom is -0.398 e. The third kappa shape index (κ3) is 2.58. The summed E-state index contributed by atoms with van der Waals surface area (Å²) in [5.41, 5.74) is 11.6. The zero-order valence-corrected chi connectivity index (χ0v) is 14.5. The van der Waals surface area contributed by atoms with Gasteiger partial charge in [-0.2, -0.15) is 0 Å². The summed E-state index contributed by atoms with van der Waals surface area (Å²) in [5, 5.41) is 0. The molecule has 2 N–H and O–H groups in total. The number of para-hydroxylation sites is 1. The van der Waals surface area contributed by atoms with Crippen LogP contribution in [-0.4, -0.2) is 0 Å². The van der Waals surface area contributed by atoms with Gasteiger partial charge in [0.2, 0.25) is 0 Å². The number of benzene rings is 4. The maximum absolute atomic E-state index is 6.52. The van der Waals surface area contributed by atoms with Gasteiger partial charge < -0.3 is 5.73 Å². The second-order valence-electron chi connectivity index (χ2n) is 6.44. The van der Waals surface area contributed by atoms with E-state index in [1.807, 2.05) is 12.1 Å². The van der Waals surface area contributed by atoms with Gasteiger partial charge in [-0.05, 0) is 28.3 Å². The van der Waals surface area contributed by atoms with Crippen molar-refractivity contribution in [1.82, 2.24) is 0 Å². The van der Waals surface area contributed by atoms with E-state index in [9.17, 15) is 0 Å². The number of nitrogens with two attached hydrogens (primary N) is 1. The Bertz CT molecular complexity index is 879. The highest BCUT2D eigenvalue weighted by Gasteiger charge is 2.39. The Morgan fingerprint density at radius 2 is 0.769 bits per heavy atom. The third-order valence-electron chi connectivity index (χ3n) is 4.99. The van der Waals surface area contributed by atoms with Crippen molar-refractivity contribution in [3.05, 3.63) is 138 Å². The van der Waals surface area contributed by atoms with Gasteiger partial charge in [-0.25, -0.2) is 0 Å². The van der Waals surface area contributed by atoms with Crippen molar-refractivity contribution in [2.24, 2.45) is 0 Å². The smallest absolute Gasteiger partial charge is 0.0721 e. The molecule has 0 bridgehead atoms. The quantitative estimate of drug-likeness (QED) is 0.378. The van der Waals surface area contributed by atoms with Crippen LogP contribution in [0.1, 0.15) is 22.3 Å². The monoisotopic (exact) mass is 335 g/mol. The highest BCUT2D eigenvalue weighted by atomic mass is 14.6. The van der Waals surface area contributed by atoms with E-state index in [2.05, 4.69) is 103 Å². The lowest BCUT2D eigenvalue weighted by molar-refractivity contribution is 0.748. The van der Waals surface area contributed by atoms with Crippen LogP contribution < -0.4 is 5.73 Å². The SMILES string of the molecule is Nc1ccccc1C(c1ccccc1)(c1ccccc1)c1ccccc1. The van der Waals surface area contributed by atoms with Gasteiger partial charge in [-0.3, -0.25) is 0 Å². The minimum absolute atomic E-state index is 0.463. The van der Waals surface area contributed by atoms with Crippen LogP contribution in [0.3, 0.4) is 0 Å². The molecule has 0 aliphatic heterocycles. The zero-order valence-electron chi connectivity index (χ0n) is 14.5. The molecule has 0 aliphatic rings. The van der Waals surface area contributed by atoms with E-state index in [4.69, 9.17) is 5.73 Å². The molecular formula is C25H21N. The topological polar surface area (TPSA) is 26.0 Å². The van der Waals surface area contributed by atoms with Crippen LogP contribution >= 0.6 is 0 Å². The molecular weight excluding hydrogens is 314 g/mol. The Labute approximate surface area is 154 Å². The Balaban J connectivity index is 2.17. The van der Waals surface area contributed by atoms with E-state index >= 15 is 0 Å². The largest absolute Gasteiger partial charge is 0.398 e. The fourth-order valence-corrected chi connectivity index (χ4v) is 3.87. The molecule has 0 fully saturated rings. The highest BCUT2D eigenvalue weighted by Crippen LogP contribution is 2.46. The maximum atomic E-state index is 6.52. The van der Waals surface area contributed by atoms with Crippen LogP contribution in [0.5, 0.6) is 0 Å². The van der Waals surface area contributed by atoms with Crippen molar-refractivity contribution in [3.63, 3.8) is 0 Å². The Hall–Kier alpha value is -3.32. The van der Waals surface area contributed by atoms with Crippen LogP contribution in [0.15, 0.2) is 115 Å². The van der Waals surface area contributed by atoms with Crippen molar-refractivity contribution in [3.8, 4) is 0 Å². The molecule has 0 radical (unpaired) electrons. The average Bonchev–Trinajstić information content (AvgIpc) is 2.72. The summed E-state index contributed by atoms with van der Waals surface area (Å²) in [6.07, 6.45) is 0. The molecule has 0 saturated carbocycles. The van der Waals surface area contributed by atoms with Crippen molar-refractivity contribution >= 4 is 5.69 Å². The molecule has 4 rings (SSSR count). The molecule has 0 spiro atoms. The number of hydrogen-bond donors (Lipinski definition) is 1. The summed E-state index contributed by atoms with van der Waals surface area (Å²) in [6, 6.07) is 40.0. The van der Waals surface area contributed by atoms with E-state index in [1.165, 1.54) is 16.7 Å². The lowest BCUT2D eigenvalue weighted by Gasteiger charge is -2.37. The maximum Gasteiger partial charge on any atom is 0.0721 e. The van der Waals surface area contributed by atoms with E-state index < -0.39 is 5.41 Å². The predicted octanol–water partition coefficient (Wildman–Crippen LogP) is 5.65. The van der Waals surface area contributed by atoms with Crippen LogP contribution in [0.25, 0.3) is 0 Å². The minimum atomic E-state index is -0.463. The molecule has 0 aromatic heterocycles. The van der Waals surface area contributed by atoms with Crippen LogP contribution in [0.4, 0.5) is 5.69 Å². The lowest BCUT2D eigenvalue weighted by Crippen LogP contribution is -2.31. The number of rotatable bonds is 4. The van der Waals surface area contributed by atoms with Gasteiger partial charge in [0.05, 0.1) is 5.41 Å². The van der Waals surface area contributed by atoms with Crippen molar-refractivity contribution < 1.29 is 0 Å². The second kappa shape index (κ2) is 6.89. The first kappa shape index (κ1) is 16.2. The first-order valence-corrected chi connectivity index (χ1v) is 8.85. The summed E-state index contributed by atoms with van der Waals surface area (Å²) in [7, 11) is 0. The normalized spacial score (nSPS) is 11.2. The molecule has 0 aliphatic carbocycles. The van der Waals surface area contributed by atoms with E-state index in [1.54, 1.807) is 0 Å². The molecule has 1 nitrogen and oxygen atoms in total. The summed E-state index contributed by atoms with van der Waals surface area (Å²) in [4.78, 5) is 0. The van der Waals surface area contributed by atoms with Crippen LogP contribution in [-0.2, 0) is 5.41 Å². The number of nitrogen functional groups attached to an aromatic ring is 1. The Morgan fingerprint density at radius 1 is 0.423 bits per heavy atom. The fourth-order valence-electron chi connectivity index (χ4n) is 3.87.